The summed E-state index contributed by atoms with van der Waals surface area (Å²) in [6.07, 6.45) is 11.8. The summed E-state index contributed by atoms with van der Waals surface area (Å²) in [5.41, 5.74) is 3.00. The number of ether oxygens (including phenoxy) is 1. The van der Waals surface area contributed by atoms with Gasteiger partial charge in [0.05, 0.1) is 37.5 Å². The number of hydrogen-bond donors (Lipinski definition) is 2. The summed E-state index contributed by atoms with van der Waals surface area (Å²) >= 11 is 0. The Morgan fingerprint density at radius 3 is 2.71 bits per heavy atom. The molecule has 0 aliphatic heterocycles. The molecule has 2 N–H and O–H groups in total. The molecule has 174 valence electrons. The molecule has 3 heterocycles. The van der Waals surface area contributed by atoms with Gasteiger partial charge >= 0.3 is 0 Å². The minimum absolute atomic E-state index is 0.112. The fourth-order valence-corrected chi connectivity index (χ4v) is 4.53. The summed E-state index contributed by atoms with van der Waals surface area (Å²) in [7, 11) is 3.38. The van der Waals surface area contributed by atoms with Gasteiger partial charge in [-0.2, -0.15) is 5.26 Å². The lowest BCUT2D eigenvalue weighted by Gasteiger charge is -2.30. The van der Waals surface area contributed by atoms with E-state index in [4.69, 9.17) is 4.74 Å². The van der Waals surface area contributed by atoms with Gasteiger partial charge in [0.25, 0.3) is 0 Å². The van der Waals surface area contributed by atoms with Crippen LogP contribution in [0.15, 0.2) is 67.3 Å². The normalized spacial score (nSPS) is 14.5. The van der Waals surface area contributed by atoms with Crippen molar-refractivity contribution in [3.8, 4) is 11.9 Å². The number of imidazole rings is 1. The first kappa shape index (κ1) is 22.5. The van der Waals surface area contributed by atoms with Crippen LogP contribution in [-0.4, -0.2) is 36.8 Å². The van der Waals surface area contributed by atoms with Crippen LogP contribution >= 0.6 is 0 Å². The Labute approximate surface area is 202 Å². The zero-order valence-electron chi connectivity index (χ0n) is 19.3. The van der Waals surface area contributed by atoms with Gasteiger partial charge in [-0.05, 0) is 41.3 Å². The van der Waals surface area contributed by atoms with E-state index in [1.165, 1.54) is 6.20 Å². The number of benzene rings is 1. The Hall–Kier alpha value is -4.32. The minimum Gasteiger partial charge on any atom is -0.481 e. The predicted octanol–water partition coefficient (Wildman–Crippen LogP) is 3.36. The molecule has 8 nitrogen and oxygen atoms in total. The van der Waals surface area contributed by atoms with Gasteiger partial charge in [0.2, 0.25) is 5.88 Å². The molecule has 4 aromatic rings. The van der Waals surface area contributed by atoms with Crippen molar-refractivity contribution in [2.75, 3.05) is 7.11 Å². The van der Waals surface area contributed by atoms with Gasteiger partial charge in [-0.15, -0.1) is 0 Å². The molecule has 0 saturated carbocycles. The van der Waals surface area contributed by atoms with Gasteiger partial charge in [0.15, 0.2) is 5.60 Å². The lowest BCUT2D eigenvalue weighted by molar-refractivity contribution is 0.117. The highest BCUT2D eigenvalue weighted by atomic mass is 16.5. The molecule has 1 unspecified atom stereocenters. The van der Waals surface area contributed by atoms with Crippen molar-refractivity contribution in [3.05, 3.63) is 101 Å². The highest BCUT2D eigenvalue weighted by Gasteiger charge is 2.38. The van der Waals surface area contributed by atoms with Gasteiger partial charge in [0.1, 0.15) is 11.8 Å². The number of pyridine rings is 2. The van der Waals surface area contributed by atoms with Crippen LogP contribution in [0.3, 0.4) is 0 Å². The van der Waals surface area contributed by atoms with E-state index in [0.29, 0.717) is 28.3 Å². The monoisotopic (exact) mass is 465 g/mol. The summed E-state index contributed by atoms with van der Waals surface area (Å²) in [4.78, 5) is 13.0. The lowest BCUT2D eigenvalue weighted by atomic mass is 9.82. The molecule has 5 rings (SSSR count). The van der Waals surface area contributed by atoms with Gasteiger partial charge in [-0.3, -0.25) is 0 Å². The molecule has 1 aliphatic carbocycles. The Morgan fingerprint density at radius 2 is 2.06 bits per heavy atom. The Bertz CT molecular complexity index is 1550. The first-order valence-electron chi connectivity index (χ1n) is 11.1. The molecule has 1 atom stereocenters. The largest absolute Gasteiger partial charge is 0.481 e. The van der Waals surface area contributed by atoms with E-state index in [1.807, 2.05) is 24.3 Å². The zero-order chi connectivity index (χ0) is 24.6. The van der Waals surface area contributed by atoms with Crippen LogP contribution in [0.1, 0.15) is 40.1 Å². The van der Waals surface area contributed by atoms with Crippen molar-refractivity contribution >= 4 is 16.5 Å². The van der Waals surface area contributed by atoms with Crippen molar-refractivity contribution in [1.82, 2.24) is 19.5 Å². The zero-order valence-corrected chi connectivity index (χ0v) is 19.3. The molecule has 0 amide bonds. The summed E-state index contributed by atoms with van der Waals surface area (Å²) in [5.74, 6) is 0.507. The van der Waals surface area contributed by atoms with E-state index in [1.54, 1.807) is 43.4 Å². The highest BCUT2D eigenvalue weighted by molar-refractivity contribution is 5.96. The molecule has 3 aromatic heterocycles. The van der Waals surface area contributed by atoms with Crippen LogP contribution in [0.5, 0.6) is 5.88 Å². The number of hydrogen-bond acceptors (Lipinski definition) is 7. The van der Waals surface area contributed by atoms with Gasteiger partial charge in [-0.25, -0.2) is 15.0 Å². The number of aliphatic hydroxyl groups excluding tert-OH is 1. The number of allylic oxidation sites excluding steroid dienone is 4. The summed E-state index contributed by atoms with van der Waals surface area (Å²) in [6.45, 7) is -0.378. The van der Waals surface area contributed by atoms with Crippen molar-refractivity contribution in [2.45, 2.75) is 18.6 Å². The number of nitrogens with zero attached hydrogens (tertiary/aromatic N) is 5. The third-order valence-electron chi connectivity index (χ3n) is 6.34. The molecule has 35 heavy (non-hydrogen) atoms. The topological polar surface area (TPSA) is 117 Å². The molecular formula is C27H23N5O3. The maximum Gasteiger partial charge on any atom is 0.214 e. The van der Waals surface area contributed by atoms with Crippen LogP contribution < -0.4 is 4.74 Å². The molecule has 0 radical (unpaired) electrons. The first-order chi connectivity index (χ1) is 17.0. The third-order valence-corrected chi connectivity index (χ3v) is 6.34. The molecule has 8 heteroatoms. The van der Waals surface area contributed by atoms with E-state index in [9.17, 15) is 15.5 Å². The number of aliphatic hydroxyl groups is 2. The SMILES string of the molecule is COc1cc(C2=CCC=C2)c2cc(C(O)(c3cnc(C#N)c(CO)c3)c3cncn3C)ccc2n1. The summed E-state index contributed by atoms with van der Waals surface area (Å²) < 4.78 is 7.16. The van der Waals surface area contributed by atoms with Gasteiger partial charge < -0.3 is 19.5 Å². The fraction of sp³-hybridized carbons (Fsp3) is 0.185. The fourth-order valence-electron chi connectivity index (χ4n) is 4.53. The van der Waals surface area contributed by atoms with Crippen LogP contribution in [0.25, 0.3) is 16.5 Å². The Balaban J connectivity index is 1.80. The second-order valence-corrected chi connectivity index (χ2v) is 8.34. The molecular weight excluding hydrogens is 442 g/mol. The number of aromatic nitrogens is 4. The minimum atomic E-state index is -1.67. The quantitative estimate of drug-likeness (QED) is 0.448. The van der Waals surface area contributed by atoms with E-state index in [-0.39, 0.29) is 12.3 Å². The number of aryl methyl sites for hydroxylation is 1. The second kappa shape index (κ2) is 8.80. The second-order valence-electron chi connectivity index (χ2n) is 8.34. The van der Waals surface area contributed by atoms with Crippen LogP contribution in [0.4, 0.5) is 0 Å². The van der Waals surface area contributed by atoms with E-state index < -0.39 is 5.60 Å². The van der Waals surface area contributed by atoms with E-state index in [0.717, 1.165) is 28.5 Å². The number of rotatable bonds is 6. The van der Waals surface area contributed by atoms with Crippen LogP contribution in [0, 0.1) is 11.3 Å². The number of nitriles is 1. The smallest absolute Gasteiger partial charge is 0.214 e. The van der Waals surface area contributed by atoms with Gasteiger partial charge in [0, 0.05) is 35.8 Å². The molecule has 0 bridgehead atoms. The average molecular weight is 466 g/mol. The molecule has 0 saturated heterocycles. The molecule has 0 spiro atoms. The molecule has 1 aromatic carbocycles. The summed E-state index contributed by atoms with van der Waals surface area (Å²) in [5, 5.41) is 32.4. The number of fused-ring (bicyclic) bond motifs is 1. The average Bonchev–Trinajstić information content (AvgIpc) is 3.59. The van der Waals surface area contributed by atoms with Crippen molar-refractivity contribution in [3.63, 3.8) is 0 Å². The lowest BCUT2D eigenvalue weighted by Crippen LogP contribution is -2.31. The van der Waals surface area contributed by atoms with Crippen molar-refractivity contribution in [2.24, 2.45) is 7.05 Å². The van der Waals surface area contributed by atoms with Crippen molar-refractivity contribution in [1.29, 1.82) is 5.26 Å². The van der Waals surface area contributed by atoms with E-state index >= 15 is 0 Å². The Kier molecular flexibility index (Phi) is 5.65. The number of methoxy groups -OCH3 is 1. The third kappa shape index (κ3) is 3.67. The maximum atomic E-state index is 12.4. The predicted molar refractivity (Wildman–Crippen MR) is 130 cm³/mol. The summed E-state index contributed by atoms with van der Waals surface area (Å²) in [6, 6.07) is 11.0. The van der Waals surface area contributed by atoms with E-state index in [2.05, 4.69) is 33.2 Å². The Morgan fingerprint density at radius 1 is 1.20 bits per heavy atom. The highest BCUT2D eigenvalue weighted by Crippen LogP contribution is 2.40. The molecule has 0 fully saturated rings. The first-order valence-corrected chi connectivity index (χ1v) is 11.1. The van der Waals surface area contributed by atoms with Crippen LogP contribution in [-0.2, 0) is 19.3 Å². The van der Waals surface area contributed by atoms with Crippen LogP contribution in [0.2, 0.25) is 0 Å². The molecule has 1 aliphatic rings. The van der Waals surface area contributed by atoms with Gasteiger partial charge in [-0.1, -0.05) is 24.3 Å². The van der Waals surface area contributed by atoms with Crippen molar-refractivity contribution < 1.29 is 14.9 Å². The maximum absolute atomic E-state index is 12.4. The standard InChI is InChI=1S/C27H23N5O3/c1-32-16-29-14-25(32)27(34,20-9-18(15-33)24(12-28)30-13-20)19-7-8-23-22(10-19)21(11-26(31-23)35-2)17-5-3-4-6-17/h3,5-11,13-14,16,33-34H,4,15H2,1-2H3.